The third-order valence-electron chi connectivity index (χ3n) is 2.33. The highest BCUT2D eigenvalue weighted by molar-refractivity contribution is 5.85. The van der Waals surface area contributed by atoms with Crippen molar-refractivity contribution in [2.75, 3.05) is 7.05 Å². The van der Waals surface area contributed by atoms with Crippen molar-refractivity contribution in [3.63, 3.8) is 0 Å². The van der Waals surface area contributed by atoms with E-state index >= 15 is 0 Å². The van der Waals surface area contributed by atoms with Gasteiger partial charge in [-0.25, -0.2) is 0 Å². The monoisotopic (exact) mass is 243 g/mol. The second kappa shape index (κ2) is 7.25. The molecule has 0 aliphatic heterocycles. The number of hydrogen-bond acceptors (Lipinski definition) is 3. The van der Waals surface area contributed by atoms with Crippen LogP contribution in [-0.4, -0.2) is 19.1 Å². The maximum absolute atomic E-state index is 11.0. The van der Waals surface area contributed by atoms with Crippen molar-refractivity contribution in [2.45, 2.75) is 26.0 Å². The first-order chi connectivity index (χ1) is 7.15. The van der Waals surface area contributed by atoms with Crippen LogP contribution in [0.1, 0.15) is 25.5 Å². The van der Waals surface area contributed by atoms with Crippen LogP contribution in [0.4, 0.5) is 0 Å². The van der Waals surface area contributed by atoms with Gasteiger partial charge in [0.15, 0.2) is 0 Å². The number of ether oxygens (including phenoxy) is 1. The summed E-state index contributed by atoms with van der Waals surface area (Å²) in [4.78, 5) is 11.0. The average Bonchev–Trinajstić information content (AvgIpc) is 2.26. The van der Waals surface area contributed by atoms with Gasteiger partial charge in [-0.3, -0.25) is 4.79 Å². The lowest BCUT2D eigenvalue weighted by atomic mass is 10.0. The van der Waals surface area contributed by atoms with Crippen molar-refractivity contribution in [2.24, 2.45) is 0 Å². The Kier molecular flexibility index (Phi) is 6.77. The molecule has 1 N–H and O–H groups in total. The van der Waals surface area contributed by atoms with Gasteiger partial charge in [-0.15, -0.1) is 12.4 Å². The molecule has 0 heterocycles. The number of esters is 1. The number of carbonyl (C=O) groups excluding carboxylic acids is 1. The Balaban J connectivity index is 0.00000225. The van der Waals surface area contributed by atoms with Gasteiger partial charge in [0, 0.05) is 13.0 Å². The van der Waals surface area contributed by atoms with Crippen molar-refractivity contribution in [3.8, 4) is 0 Å². The zero-order chi connectivity index (χ0) is 11.3. The van der Waals surface area contributed by atoms with Gasteiger partial charge in [0.2, 0.25) is 0 Å². The lowest BCUT2D eigenvalue weighted by molar-refractivity contribution is -0.148. The van der Waals surface area contributed by atoms with Crippen molar-refractivity contribution in [1.82, 2.24) is 5.32 Å². The first-order valence-electron chi connectivity index (χ1n) is 5.04. The first-order valence-corrected chi connectivity index (χ1v) is 5.04. The minimum atomic E-state index is -0.258. The summed E-state index contributed by atoms with van der Waals surface area (Å²) in [6.45, 7) is 3.42. The fourth-order valence-electron chi connectivity index (χ4n) is 1.43. The van der Waals surface area contributed by atoms with Crippen LogP contribution in [0.3, 0.4) is 0 Å². The van der Waals surface area contributed by atoms with Gasteiger partial charge >= 0.3 is 5.97 Å². The summed E-state index contributed by atoms with van der Waals surface area (Å²) in [5.74, 6) is -0.258. The smallest absolute Gasteiger partial charge is 0.303 e. The van der Waals surface area contributed by atoms with E-state index in [0.29, 0.717) is 0 Å². The number of nitrogens with one attached hydrogen (secondary N) is 1. The Morgan fingerprint density at radius 3 is 2.31 bits per heavy atom. The summed E-state index contributed by atoms with van der Waals surface area (Å²) < 4.78 is 5.29. The summed E-state index contributed by atoms with van der Waals surface area (Å²) in [5.41, 5.74) is 1.01. The van der Waals surface area contributed by atoms with Crippen molar-refractivity contribution in [3.05, 3.63) is 35.9 Å². The van der Waals surface area contributed by atoms with Crippen LogP contribution in [0.2, 0.25) is 0 Å². The highest BCUT2D eigenvalue weighted by Gasteiger charge is 2.20. The van der Waals surface area contributed by atoms with E-state index in [4.69, 9.17) is 4.74 Å². The van der Waals surface area contributed by atoms with Gasteiger partial charge in [-0.05, 0) is 19.5 Å². The number of carbonyl (C=O) groups is 1. The predicted molar refractivity (Wildman–Crippen MR) is 66.7 cm³/mol. The van der Waals surface area contributed by atoms with Crippen molar-refractivity contribution < 1.29 is 9.53 Å². The molecule has 0 saturated heterocycles. The molecule has 1 aromatic rings. The maximum Gasteiger partial charge on any atom is 0.303 e. The van der Waals surface area contributed by atoms with Crippen LogP contribution in [0.25, 0.3) is 0 Å². The molecule has 0 spiro atoms. The molecular formula is C12H18ClNO2. The standard InChI is InChI=1S/C12H17NO2.ClH/c1-9(13-3)12(15-10(2)14)11-7-5-4-6-8-11;/h4-9,12-13H,1-3H3;1H/t9-,12+;/m0./s1. The first kappa shape index (κ1) is 14.9. The third kappa shape index (κ3) is 4.21. The van der Waals surface area contributed by atoms with E-state index in [1.165, 1.54) is 6.92 Å². The lowest BCUT2D eigenvalue weighted by Gasteiger charge is -2.23. The zero-order valence-electron chi connectivity index (χ0n) is 9.77. The van der Waals surface area contributed by atoms with Crippen molar-refractivity contribution in [1.29, 1.82) is 0 Å². The zero-order valence-corrected chi connectivity index (χ0v) is 10.6. The van der Waals surface area contributed by atoms with Crippen molar-refractivity contribution >= 4 is 18.4 Å². The normalized spacial score (nSPS) is 13.4. The number of likely N-dealkylation sites (N-methyl/N-ethyl adjacent to an activating group) is 1. The van der Waals surface area contributed by atoms with Crippen LogP contribution >= 0.6 is 12.4 Å². The molecule has 4 heteroatoms. The molecule has 0 aliphatic carbocycles. The van der Waals surface area contributed by atoms with Crippen LogP contribution in [-0.2, 0) is 9.53 Å². The molecule has 0 fully saturated rings. The number of hydrogen-bond donors (Lipinski definition) is 1. The number of benzene rings is 1. The SMILES string of the molecule is CN[C@@H](C)[C@@H](OC(C)=O)c1ccccc1.Cl. The summed E-state index contributed by atoms with van der Waals surface area (Å²) in [7, 11) is 1.85. The summed E-state index contributed by atoms with van der Waals surface area (Å²) in [6.07, 6.45) is -0.228. The Morgan fingerprint density at radius 2 is 1.88 bits per heavy atom. The third-order valence-corrected chi connectivity index (χ3v) is 2.33. The second-order valence-electron chi connectivity index (χ2n) is 3.52. The van der Waals surface area contributed by atoms with Crippen LogP contribution in [0.15, 0.2) is 30.3 Å². The molecule has 1 rings (SSSR count). The Labute approximate surface area is 103 Å². The molecule has 0 saturated carbocycles. The molecule has 0 bridgehead atoms. The van der Waals surface area contributed by atoms with E-state index in [1.54, 1.807) is 0 Å². The van der Waals surface area contributed by atoms with Crippen LogP contribution < -0.4 is 5.32 Å². The van der Waals surface area contributed by atoms with Gasteiger partial charge in [0.05, 0.1) is 0 Å². The van der Waals surface area contributed by atoms with Gasteiger partial charge in [0.1, 0.15) is 6.10 Å². The fraction of sp³-hybridized carbons (Fsp3) is 0.417. The highest BCUT2D eigenvalue weighted by atomic mass is 35.5. The molecule has 1 aromatic carbocycles. The number of rotatable bonds is 4. The topological polar surface area (TPSA) is 38.3 Å². The summed E-state index contributed by atoms with van der Waals surface area (Å²) >= 11 is 0. The molecule has 2 atom stereocenters. The highest BCUT2D eigenvalue weighted by Crippen LogP contribution is 2.20. The van der Waals surface area contributed by atoms with Crippen LogP contribution in [0, 0.1) is 0 Å². The minimum absolute atomic E-state index is 0. The quantitative estimate of drug-likeness (QED) is 0.825. The van der Waals surface area contributed by atoms with Gasteiger partial charge in [-0.2, -0.15) is 0 Å². The average molecular weight is 244 g/mol. The Hall–Kier alpha value is -1.06. The van der Waals surface area contributed by atoms with E-state index in [-0.39, 0.29) is 30.5 Å². The second-order valence-corrected chi connectivity index (χ2v) is 3.52. The fourth-order valence-corrected chi connectivity index (χ4v) is 1.43. The van der Waals surface area contributed by atoms with Gasteiger partial charge in [0.25, 0.3) is 0 Å². The molecule has 3 nitrogen and oxygen atoms in total. The van der Waals surface area contributed by atoms with E-state index in [2.05, 4.69) is 5.32 Å². The van der Waals surface area contributed by atoms with Gasteiger partial charge < -0.3 is 10.1 Å². The molecule has 0 radical (unpaired) electrons. The maximum atomic E-state index is 11.0. The van der Waals surface area contributed by atoms with Crippen LogP contribution in [0.5, 0.6) is 0 Å². The predicted octanol–water partition coefficient (Wildman–Crippen LogP) is 2.32. The summed E-state index contributed by atoms with van der Waals surface area (Å²) in [6, 6.07) is 9.83. The lowest BCUT2D eigenvalue weighted by Crippen LogP contribution is -2.31. The molecule has 0 amide bonds. The molecular weight excluding hydrogens is 226 g/mol. The Bertz CT molecular complexity index is 316. The summed E-state index contributed by atoms with van der Waals surface area (Å²) in [5, 5.41) is 3.09. The van der Waals surface area contributed by atoms with E-state index in [1.807, 2.05) is 44.3 Å². The Morgan fingerprint density at radius 1 is 1.31 bits per heavy atom. The molecule has 0 unspecified atom stereocenters. The molecule has 0 aliphatic rings. The number of halogens is 1. The minimum Gasteiger partial charge on any atom is -0.456 e. The molecule has 16 heavy (non-hydrogen) atoms. The largest absolute Gasteiger partial charge is 0.456 e. The molecule has 90 valence electrons. The van der Waals surface area contributed by atoms with E-state index in [9.17, 15) is 4.79 Å². The van der Waals surface area contributed by atoms with E-state index < -0.39 is 0 Å². The molecule has 0 aromatic heterocycles. The van der Waals surface area contributed by atoms with E-state index in [0.717, 1.165) is 5.56 Å². The van der Waals surface area contributed by atoms with Gasteiger partial charge in [-0.1, -0.05) is 30.3 Å².